The molecule has 1 fully saturated rings. The molecule has 1 aliphatic rings. The molecule has 14 heavy (non-hydrogen) atoms. The molecule has 0 aromatic carbocycles. The van der Waals surface area contributed by atoms with E-state index in [-0.39, 0.29) is 6.54 Å². The van der Waals surface area contributed by atoms with Crippen LogP contribution in [0.2, 0.25) is 0 Å². The van der Waals surface area contributed by atoms with Crippen LogP contribution in [-0.2, 0) is 4.79 Å². The number of carbonyl (C=O) groups is 1. The van der Waals surface area contributed by atoms with Crippen LogP contribution in [0.25, 0.3) is 0 Å². The van der Waals surface area contributed by atoms with E-state index in [1.54, 1.807) is 0 Å². The largest absolute Gasteiger partial charge is 0.480 e. The van der Waals surface area contributed by atoms with Gasteiger partial charge in [0.25, 0.3) is 0 Å². The highest BCUT2D eigenvalue weighted by atomic mass is 16.4. The van der Waals surface area contributed by atoms with Gasteiger partial charge in [0, 0.05) is 6.54 Å². The van der Waals surface area contributed by atoms with Gasteiger partial charge < -0.3 is 5.11 Å². The lowest BCUT2D eigenvalue weighted by Gasteiger charge is -2.19. The molecular weight excluding hydrogens is 178 g/mol. The van der Waals surface area contributed by atoms with Crippen molar-refractivity contribution < 1.29 is 9.90 Å². The minimum atomic E-state index is -0.718. The Kier molecular flexibility index (Phi) is 4.66. The van der Waals surface area contributed by atoms with Gasteiger partial charge in [-0.15, -0.1) is 6.58 Å². The van der Waals surface area contributed by atoms with E-state index in [2.05, 4.69) is 6.58 Å². The van der Waals surface area contributed by atoms with Crippen LogP contribution in [0, 0.1) is 5.92 Å². The van der Waals surface area contributed by atoms with Gasteiger partial charge in [-0.25, -0.2) is 0 Å². The molecule has 80 valence electrons. The zero-order valence-electron chi connectivity index (χ0n) is 8.61. The maximum absolute atomic E-state index is 10.6. The van der Waals surface area contributed by atoms with Crippen molar-refractivity contribution in [1.29, 1.82) is 0 Å². The third-order valence-corrected chi connectivity index (χ3v) is 2.45. The van der Waals surface area contributed by atoms with Gasteiger partial charge in [-0.2, -0.15) is 0 Å². The minimum Gasteiger partial charge on any atom is -0.480 e. The van der Waals surface area contributed by atoms with Gasteiger partial charge in [0.2, 0.25) is 0 Å². The number of allylic oxidation sites excluding steroid dienone is 1. The maximum Gasteiger partial charge on any atom is 0.317 e. The van der Waals surface area contributed by atoms with Gasteiger partial charge in [-0.3, -0.25) is 9.69 Å². The zero-order valence-corrected chi connectivity index (χ0v) is 8.61. The molecule has 0 amide bonds. The molecule has 0 atom stereocenters. The van der Waals surface area contributed by atoms with Crippen LogP contribution < -0.4 is 0 Å². The fraction of sp³-hybridized carbons (Fsp3) is 0.727. The third kappa shape index (κ3) is 5.02. The van der Waals surface area contributed by atoms with Crippen molar-refractivity contribution in [3.8, 4) is 0 Å². The summed E-state index contributed by atoms with van der Waals surface area (Å²) >= 11 is 0. The molecule has 3 nitrogen and oxygen atoms in total. The number of rotatable bonds is 8. The van der Waals surface area contributed by atoms with Gasteiger partial charge in [0.1, 0.15) is 0 Å². The molecule has 1 aliphatic carbocycles. The second kappa shape index (κ2) is 5.81. The Morgan fingerprint density at radius 3 is 2.79 bits per heavy atom. The van der Waals surface area contributed by atoms with E-state index >= 15 is 0 Å². The van der Waals surface area contributed by atoms with Crippen LogP contribution in [0.3, 0.4) is 0 Å². The van der Waals surface area contributed by atoms with Crippen LogP contribution in [0.5, 0.6) is 0 Å². The summed E-state index contributed by atoms with van der Waals surface area (Å²) in [6, 6.07) is 0. The highest BCUT2D eigenvalue weighted by Gasteiger charge is 2.24. The highest BCUT2D eigenvalue weighted by molar-refractivity contribution is 5.69. The molecular formula is C11H19NO2. The second-order valence-corrected chi connectivity index (χ2v) is 4.00. The standard InChI is InChI=1S/C11H19NO2/c1-2-3-4-7-12(9-11(13)14)8-10-5-6-10/h2,10H,1,3-9H2,(H,13,14). The molecule has 0 aromatic rings. The van der Waals surface area contributed by atoms with Gasteiger partial charge in [0.05, 0.1) is 6.54 Å². The van der Waals surface area contributed by atoms with Crippen molar-refractivity contribution in [1.82, 2.24) is 4.90 Å². The average Bonchev–Trinajstić information content (AvgIpc) is 2.87. The second-order valence-electron chi connectivity index (χ2n) is 4.00. The number of carboxylic acid groups (broad SMARTS) is 1. The Labute approximate surface area is 85.4 Å². The molecule has 0 bridgehead atoms. The van der Waals surface area contributed by atoms with E-state index in [0.29, 0.717) is 0 Å². The monoisotopic (exact) mass is 197 g/mol. The fourth-order valence-corrected chi connectivity index (χ4v) is 1.55. The predicted octanol–water partition coefficient (Wildman–Crippen LogP) is 1.75. The summed E-state index contributed by atoms with van der Waals surface area (Å²) in [5.74, 6) is 0.0438. The highest BCUT2D eigenvalue weighted by Crippen LogP contribution is 2.29. The first-order valence-electron chi connectivity index (χ1n) is 5.27. The lowest BCUT2D eigenvalue weighted by molar-refractivity contribution is -0.138. The first-order valence-corrected chi connectivity index (χ1v) is 5.27. The summed E-state index contributed by atoms with van der Waals surface area (Å²) in [6.07, 6.45) is 6.43. The number of nitrogens with zero attached hydrogens (tertiary/aromatic N) is 1. The Hall–Kier alpha value is -0.830. The fourth-order valence-electron chi connectivity index (χ4n) is 1.55. The van der Waals surface area contributed by atoms with E-state index in [0.717, 1.165) is 31.8 Å². The van der Waals surface area contributed by atoms with Crippen LogP contribution in [0.4, 0.5) is 0 Å². The van der Waals surface area contributed by atoms with Crippen molar-refractivity contribution in [3.63, 3.8) is 0 Å². The smallest absolute Gasteiger partial charge is 0.317 e. The van der Waals surface area contributed by atoms with Crippen molar-refractivity contribution in [3.05, 3.63) is 12.7 Å². The van der Waals surface area contributed by atoms with E-state index < -0.39 is 5.97 Å². The lowest BCUT2D eigenvalue weighted by atomic mass is 10.2. The Balaban J connectivity index is 2.19. The summed E-state index contributed by atoms with van der Waals surface area (Å²) in [6.45, 7) is 5.69. The Morgan fingerprint density at radius 2 is 2.29 bits per heavy atom. The predicted molar refractivity (Wildman–Crippen MR) is 56.2 cm³/mol. The van der Waals surface area contributed by atoms with E-state index in [4.69, 9.17) is 5.11 Å². The number of aliphatic carboxylic acids is 1. The average molecular weight is 197 g/mol. The number of carboxylic acids is 1. The quantitative estimate of drug-likeness (QED) is 0.476. The normalized spacial score (nSPS) is 15.8. The molecule has 0 heterocycles. The van der Waals surface area contributed by atoms with Crippen molar-refractivity contribution >= 4 is 5.97 Å². The molecule has 1 rings (SSSR count). The Morgan fingerprint density at radius 1 is 1.57 bits per heavy atom. The molecule has 0 radical (unpaired) electrons. The van der Waals surface area contributed by atoms with Gasteiger partial charge in [0.15, 0.2) is 0 Å². The topological polar surface area (TPSA) is 40.5 Å². The minimum absolute atomic E-state index is 0.188. The molecule has 0 aromatic heterocycles. The maximum atomic E-state index is 10.6. The zero-order chi connectivity index (χ0) is 10.4. The number of hydrogen-bond donors (Lipinski definition) is 1. The summed E-state index contributed by atoms with van der Waals surface area (Å²) in [5.41, 5.74) is 0. The summed E-state index contributed by atoms with van der Waals surface area (Å²) in [5, 5.41) is 8.71. The van der Waals surface area contributed by atoms with Gasteiger partial charge in [-0.05, 0) is 38.1 Å². The lowest BCUT2D eigenvalue weighted by Crippen LogP contribution is -2.32. The summed E-state index contributed by atoms with van der Waals surface area (Å²) in [7, 11) is 0. The first kappa shape index (κ1) is 11.2. The summed E-state index contributed by atoms with van der Waals surface area (Å²) < 4.78 is 0. The number of unbranched alkanes of at least 4 members (excludes halogenated alkanes) is 1. The van der Waals surface area contributed by atoms with Crippen LogP contribution in [0.15, 0.2) is 12.7 Å². The molecule has 1 N–H and O–H groups in total. The van der Waals surface area contributed by atoms with E-state index in [9.17, 15) is 4.79 Å². The third-order valence-electron chi connectivity index (χ3n) is 2.45. The van der Waals surface area contributed by atoms with Crippen LogP contribution in [-0.4, -0.2) is 35.6 Å². The van der Waals surface area contributed by atoms with Crippen molar-refractivity contribution in [2.75, 3.05) is 19.6 Å². The molecule has 3 heteroatoms. The van der Waals surface area contributed by atoms with E-state index in [1.807, 2.05) is 11.0 Å². The van der Waals surface area contributed by atoms with Crippen LogP contribution >= 0.6 is 0 Å². The first-order chi connectivity index (χ1) is 6.72. The SMILES string of the molecule is C=CCCCN(CC(=O)O)CC1CC1. The van der Waals surface area contributed by atoms with Gasteiger partial charge >= 0.3 is 5.97 Å². The molecule has 0 saturated heterocycles. The summed E-state index contributed by atoms with van der Waals surface area (Å²) in [4.78, 5) is 12.6. The number of hydrogen-bond acceptors (Lipinski definition) is 2. The van der Waals surface area contributed by atoms with Gasteiger partial charge in [-0.1, -0.05) is 6.08 Å². The van der Waals surface area contributed by atoms with E-state index in [1.165, 1.54) is 12.8 Å². The molecule has 0 spiro atoms. The van der Waals surface area contributed by atoms with Crippen LogP contribution in [0.1, 0.15) is 25.7 Å². The molecule has 0 aliphatic heterocycles. The molecule has 0 unspecified atom stereocenters. The van der Waals surface area contributed by atoms with Crippen molar-refractivity contribution in [2.45, 2.75) is 25.7 Å². The molecule has 1 saturated carbocycles. The van der Waals surface area contributed by atoms with Crippen molar-refractivity contribution in [2.24, 2.45) is 5.92 Å². The Bertz CT molecular complexity index is 199.